The number of hydrogen-bond acceptors (Lipinski definition) is 2. The molecule has 144 valence electrons. The molecule has 0 unspecified atom stereocenters. The first-order chi connectivity index (χ1) is 13.4. The number of hydrogen-bond donors (Lipinski definition) is 0. The normalized spacial score (nSPS) is 15.0. The Morgan fingerprint density at radius 2 is 1.18 bits per heavy atom. The summed E-state index contributed by atoms with van der Waals surface area (Å²) in [6, 6.07) is 19.9. The van der Waals surface area contributed by atoms with E-state index < -0.39 is 6.89 Å². The van der Waals surface area contributed by atoms with E-state index in [0.29, 0.717) is 10.6 Å². The molecule has 1 aliphatic rings. The predicted octanol–water partition coefficient (Wildman–Crippen LogP) is 2.46. The van der Waals surface area contributed by atoms with Gasteiger partial charge in [-0.3, -0.25) is 9.59 Å². The van der Waals surface area contributed by atoms with Crippen molar-refractivity contribution in [3.63, 3.8) is 0 Å². The SMILES string of the molecule is CN(C)C(=O)C1=CC=CC(C(=O)N(C)C)=P1(c1ccccc1)c1ccccc1. The first-order valence-electron chi connectivity index (χ1n) is 9.10. The van der Waals surface area contributed by atoms with Crippen LogP contribution in [0.2, 0.25) is 0 Å². The van der Waals surface area contributed by atoms with Crippen molar-refractivity contribution in [3.05, 3.63) is 84.2 Å². The van der Waals surface area contributed by atoms with E-state index in [4.69, 9.17) is 0 Å². The molecule has 0 fully saturated rings. The van der Waals surface area contributed by atoms with Gasteiger partial charge < -0.3 is 9.80 Å². The van der Waals surface area contributed by atoms with E-state index in [1.54, 1.807) is 38.0 Å². The number of amides is 2. The van der Waals surface area contributed by atoms with E-state index in [2.05, 4.69) is 0 Å². The minimum Gasteiger partial charge on any atom is -0.345 e. The zero-order valence-corrected chi connectivity index (χ0v) is 17.6. The Balaban J connectivity index is 2.54. The lowest BCUT2D eigenvalue weighted by atomic mass is 10.3. The van der Waals surface area contributed by atoms with E-state index in [0.717, 1.165) is 10.6 Å². The maximum atomic E-state index is 13.3. The molecule has 3 rings (SSSR count). The molecule has 0 radical (unpaired) electrons. The number of carbonyl (C=O) groups is 2. The molecule has 0 aliphatic carbocycles. The van der Waals surface area contributed by atoms with Crippen molar-refractivity contribution in [2.24, 2.45) is 0 Å². The summed E-state index contributed by atoms with van der Waals surface area (Å²) < 4.78 is 0. The molecule has 1 aliphatic heterocycles. The monoisotopic (exact) mass is 392 g/mol. The molecule has 0 N–H and O–H groups in total. The van der Waals surface area contributed by atoms with Crippen LogP contribution in [-0.2, 0) is 9.59 Å². The average Bonchev–Trinajstić information content (AvgIpc) is 2.73. The fourth-order valence-corrected chi connectivity index (χ4v) is 7.98. The fraction of sp³-hybridized carbons (Fsp3) is 0.174. The maximum absolute atomic E-state index is 13.3. The Morgan fingerprint density at radius 3 is 1.61 bits per heavy atom. The lowest BCUT2D eigenvalue weighted by Gasteiger charge is -2.35. The molecule has 0 atom stereocenters. The lowest BCUT2D eigenvalue weighted by molar-refractivity contribution is -0.124. The van der Waals surface area contributed by atoms with Crippen LogP contribution in [0.25, 0.3) is 0 Å². The van der Waals surface area contributed by atoms with Gasteiger partial charge in [-0.25, -0.2) is 0 Å². The van der Waals surface area contributed by atoms with Crippen molar-refractivity contribution in [1.29, 1.82) is 0 Å². The van der Waals surface area contributed by atoms with E-state index in [-0.39, 0.29) is 11.8 Å². The third-order valence-corrected chi connectivity index (χ3v) is 9.04. The second kappa shape index (κ2) is 8.04. The van der Waals surface area contributed by atoms with Gasteiger partial charge in [-0.2, -0.15) is 0 Å². The highest BCUT2D eigenvalue weighted by atomic mass is 31.2. The van der Waals surface area contributed by atoms with Gasteiger partial charge in [0.15, 0.2) is 0 Å². The molecule has 0 aromatic heterocycles. The van der Waals surface area contributed by atoms with Crippen molar-refractivity contribution < 1.29 is 9.59 Å². The van der Waals surface area contributed by atoms with Crippen LogP contribution < -0.4 is 10.6 Å². The van der Waals surface area contributed by atoms with Gasteiger partial charge in [-0.15, -0.1) is 0 Å². The first-order valence-corrected chi connectivity index (χ1v) is 10.9. The summed E-state index contributed by atoms with van der Waals surface area (Å²) in [6.07, 6.45) is 5.57. The molecule has 28 heavy (non-hydrogen) atoms. The van der Waals surface area contributed by atoms with Crippen molar-refractivity contribution in [2.75, 3.05) is 28.2 Å². The van der Waals surface area contributed by atoms with Gasteiger partial charge in [0.2, 0.25) is 0 Å². The molecule has 0 bridgehead atoms. The van der Waals surface area contributed by atoms with Gasteiger partial charge in [-0.05, 0) is 29.6 Å². The molecule has 5 heteroatoms. The molecule has 1 heterocycles. The van der Waals surface area contributed by atoms with Crippen molar-refractivity contribution >= 4 is 34.6 Å². The van der Waals surface area contributed by atoms with Crippen LogP contribution >= 0.6 is 6.89 Å². The minimum atomic E-state index is -2.63. The minimum absolute atomic E-state index is 0.0746. The number of allylic oxidation sites excluding steroid dienone is 2. The smallest absolute Gasteiger partial charge is 0.254 e. The average molecular weight is 392 g/mol. The van der Waals surface area contributed by atoms with E-state index in [1.165, 1.54) is 0 Å². The van der Waals surface area contributed by atoms with E-state index >= 15 is 0 Å². The number of likely N-dealkylation sites (N-methyl/N-ethyl adjacent to an activating group) is 1. The van der Waals surface area contributed by atoms with Crippen molar-refractivity contribution in [1.82, 2.24) is 9.80 Å². The van der Waals surface area contributed by atoms with Gasteiger partial charge in [-0.1, -0.05) is 66.7 Å². The van der Waals surface area contributed by atoms with Gasteiger partial charge in [0, 0.05) is 38.8 Å². The molecule has 2 amide bonds. The van der Waals surface area contributed by atoms with Crippen LogP contribution in [0.15, 0.2) is 84.2 Å². The van der Waals surface area contributed by atoms with Crippen LogP contribution in [0.5, 0.6) is 0 Å². The molecule has 2 aromatic carbocycles. The quantitative estimate of drug-likeness (QED) is 0.750. The number of nitrogens with zero attached hydrogens (tertiary/aromatic N) is 2. The summed E-state index contributed by atoms with van der Waals surface area (Å²) in [7, 11) is 7.00. The Bertz CT molecular complexity index is 960. The third-order valence-electron chi connectivity index (χ3n) is 4.77. The predicted molar refractivity (Wildman–Crippen MR) is 119 cm³/mol. The number of rotatable bonds is 4. The summed E-state index contributed by atoms with van der Waals surface area (Å²) in [5.74, 6) is -0.149. The van der Waals surface area contributed by atoms with Gasteiger partial charge in [0.1, 0.15) is 0 Å². The van der Waals surface area contributed by atoms with Crippen molar-refractivity contribution in [3.8, 4) is 0 Å². The van der Waals surface area contributed by atoms with Crippen LogP contribution in [0.4, 0.5) is 0 Å². The largest absolute Gasteiger partial charge is 0.345 e. The zero-order valence-electron chi connectivity index (χ0n) is 16.7. The summed E-state index contributed by atoms with van der Waals surface area (Å²) in [5.41, 5.74) is 0. The maximum Gasteiger partial charge on any atom is 0.254 e. The summed E-state index contributed by atoms with van der Waals surface area (Å²) in [4.78, 5) is 29.8. The topological polar surface area (TPSA) is 40.6 Å². The third kappa shape index (κ3) is 3.25. The second-order valence-electron chi connectivity index (χ2n) is 7.04. The Kier molecular flexibility index (Phi) is 5.71. The summed E-state index contributed by atoms with van der Waals surface area (Å²) in [6.45, 7) is -2.63. The van der Waals surface area contributed by atoms with E-state index in [1.807, 2.05) is 78.9 Å². The van der Waals surface area contributed by atoms with Crippen LogP contribution in [0.1, 0.15) is 0 Å². The molecule has 4 nitrogen and oxygen atoms in total. The second-order valence-corrected chi connectivity index (χ2v) is 10.4. The molecule has 0 spiro atoms. The van der Waals surface area contributed by atoms with Crippen LogP contribution in [0.3, 0.4) is 0 Å². The fourth-order valence-electron chi connectivity index (χ4n) is 3.48. The highest BCUT2D eigenvalue weighted by Crippen LogP contribution is 2.57. The number of benzene rings is 2. The zero-order chi connectivity index (χ0) is 20.3. The summed E-state index contributed by atoms with van der Waals surface area (Å²) in [5, 5.41) is 3.33. The van der Waals surface area contributed by atoms with Gasteiger partial charge in [0.25, 0.3) is 11.8 Å². The molecule has 0 saturated carbocycles. The van der Waals surface area contributed by atoms with Crippen molar-refractivity contribution in [2.45, 2.75) is 0 Å². The lowest BCUT2D eigenvalue weighted by Crippen LogP contribution is -2.38. The van der Waals surface area contributed by atoms with Crippen LogP contribution in [-0.4, -0.2) is 55.1 Å². The molecular weight excluding hydrogens is 367 g/mol. The first kappa shape index (κ1) is 19.9. The van der Waals surface area contributed by atoms with Gasteiger partial charge in [0.05, 0.1) is 0 Å². The highest BCUT2D eigenvalue weighted by molar-refractivity contribution is 7.95. The highest BCUT2D eigenvalue weighted by Gasteiger charge is 2.38. The van der Waals surface area contributed by atoms with Crippen LogP contribution in [0, 0.1) is 0 Å². The Hall–Kier alpha value is -2.84. The standard InChI is InChI=1S/C23H25N2O2P/c1-24(2)22(26)20-16-11-17-21(23(27)25(3)4)28(20,18-12-7-5-8-13-18)19-14-9-6-10-15-19/h5-17H,1-4H3. The number of carbonyl (C=O) groups excluding carboxylic acids is 2. The Morgan fingerprint density at radius 1 is 0.714 bits per heavy atom. The van der Waals surface area contributed by atoms with Gasteiger partial charge >= 0.3 is 0 Å². The Labute approximate surface area is 166 Å². The van der Waals surface area contributed by atoms with E-state index in [9.17, 15) is 9.59 Å². The molecule has 2 aromatic rings. The molecule has 0 saturated heterocycles. The summed E-state index contributed by atoms with van der Waals surface area (Å²) >= 11 is 0. The molecular formula is C23H25N2O2P.